The molecule has 3 heterocycles. The second kappa shape index (κ2) is 4.91. The molecule has 0 radical (unpaired) electrons. The molecular formula is C15H12N4OS. The molecule has 5 nitrogen and oxygen atoms in total. The molecule has 3 aromatic heterocycles. The first-order valence-corrected chi connectivity index (χ1v) is 7.55. The van der Waals surface area contributed by atoms with Gasteiger partial charge in [-0.15, -0.1) is 0 Å². The Hall–Kier alpha value is -2.31. The zero-order valence-corrected chi connectivity index (χ0v) is 11.9. The van der Waals surface area contributed by atoms with Gasteiger partial charge in [0.1, 0.15) is 0 Å². The van der Waals surface area contributed by atoms with Crippen LogP contribution in [-0.4, -0.2) is 31.5 Å². The van der Waals surface area contributed by atoms with E-state index in [1.54, 1.807) is 22.2 Å². The van der Waals surface area contributed by atoms with Crippen LogP contribution < -0.4 is 0 Å². The van der Waals surface area contributed by atoms with Gasteiger partial charge in [-0.1, -0.05) is 0 Å². The van der Waals surface area contributed by atoms with Crippen LogP contribution in [0, 0.1) is 0 Å². The maximum Gasteiger partial charge on any atom is 0.0946 e. The highest BCUT2D eigenvalue weighted by Crippen LogP contribution is 2.24. The SMILES string of the molecule is OCCn1cc2cc3ncc(-c4ccsc4)nc3cc2n1. The molecule has 0 aliphatic carbocycles. The number of aliphatic hydroxyl groups excluding tert-OH is 1. The number of hydrogen-bond donors (Lipinski definition) is 1. The Kier molecular flexibility index (Phi) is 2.90. The first-order valence-electron chi connectivity index (χ1n) is 6.61. The van der Waals surface area contributed by atoms with E-state index in [1.807, 2.05) is 29.8 Å². The Morgan fingerprint density at radius 1 is 1.19 bits per heavy atom. The van der Waals surface area contributed by atoms with E-state index in [4.69, 9.17) is 5.11 Å². The molecule has 0 aliphatic rings. The first kappa shape index (κ1) is 12.4. The predicted octanol–water partition coefficient (Wildman–Crippen LogP) is 2.70. The summed E-state index contributed by atoms with van der Waals surface area (Å²) in [6.45, 7) is 0.568. The Labute approximate surface area is 124 Å². The van der Waals surface area contributed by atoms with E-state index in [-0.39, 0.29) is 6.61 Å². The summed E-state index contributed by atoms with van der Waals surface area (Å²) in [4.78, 5) is 9.17. The van der Waals surface area contributed by atoms with E-state index in [0.29, 0.717) is 6.54 Å². The van der Waals surface area contributed by atoms with Gasteiger partial charge in [0.15, 0.2) is 0 Å². The van der Waals surface area contributed by atoms with Crippen molar-refractivity contribution < 1.29 is 5.11 Å². The fourth-order valence-electron chi connectivity index (χ4n) is 2.35. The number of hydrogen-bond acceptors (Lipinski definition) is 5. The summed E-state index contributed by atoms with van der Waals surface area (Å²) in [7, 11) is 0. The number of rotatable bonds is 3. The van der Waals surface area contributed by atoms with Crippen LogP contribution in [0.2, 0.25) is 0 Å². The van der Waals surface area contributed by atoms with E-state index in [0.717, 1.165) is 33.2 Å². The Morgan fingerprint density at radius 3 is 2.95 bits per heavy atom. The molecule has 0 spiro atoms. The van der Waals surface area contributed by atoms with Gasteiger partial charge in [0, 0.05) is 22.5 Å². The third-order valence-electron chi connectivity index (χ3n) is 3.36. The van der Waals surface area contributed by atoms with Gasteiger partial charge >= 0.3 is 0 Å². The molecule has 4 rings (SSSR count). The molecule has 0 saturated heterocycles. The van der Waals surface area contributed by atoms with Crippen molar-refractivity contribution in [3.63, 3.8) is 0 Å². The van der Waals surface area contributed by atoms with Crippen molar-refractivity contribution in [2.75, 3.05) is 6.61 Å². The first-order chi connectivity index (χ1) is 10.3. The van der Waals surface area contributed by atoms with Crippen LogP contribution in [0.15, 0.2) is 41.4 Å². The molecule has 0 atom stereocenters. The van der Waals surface area contributed by atoms with Crippen molar-refractivity contribution in [2.24, 2.45) is 0 Å². The second-order valence-corrected chi connectivity index (χ2v) is 5.56. The minimum absolute atomic E-state index is 0.0757. The number of aromatic nitrogens is 4. The number of nitrogens with zero attached hydrogens (tertiary/aromatic N) is 4. The molecule has 0 amide bonds. The summed E-state index contributed by atoms with van der Waals surface area (Å²) in [5.74, 6) is 0. The third kappa shape index (κ3) is 2.18. The van der Waals surface area contributed by atoms with E-state index in [1.165, 1.54) is 0 Å². The summed E-state index contributed by atoms with van der Waals surface area (Å²) in [6, 6.07) is 5.96. The molecule has 0 aliphatic heterocycles. The molecule has 1 N–H and O–H groups in total. The van der Waals surface area contributed by atoms with Gasteiger partial charge < -0.3 is 5.11 Å². The lowest BCUT2D eigenvalue weighted by Gasteiger charge is -2.00. The zero-order chi connectivity index (χ0) is 14.2. The number of aliphatic hydroxyl groups is 1. The van der Waals surface area contributed by atoms with Crippen LogP contribution in [0.5, 0.6) is 0 Å². The second-order valence-electron chi connectivity index (χ2n) is 4.78. The van der Waals surface area contributed by atoms with E-state index in [2.05, 4.69) is 20.4 Å². The van der Waals surface area contributed by atoms with Crippen molar-refractivity contribution in [2.45, 2.75) is 6.54 Å². The van der Waals surface area contributed by atoms with Crippen molar-refractivity contribution in [1.82, 2.24) is 19.7 Å². The summed E-state index contributed by atoms with van der Waals surface area (Å²) in [5, 5.41) is 18.5. The van der Waals surface area contributed by atoms with Crippen LogP contribution in [0.25, 0.3) is 33.2 Å². The molecule has 21 heavy (non-hydrogen) atoms. The minimum atomic E-state index is 0.0757. The molecule has 0 unspecified atom stereocenters. The molecule has 0 bridgehead atoms. The lowest BCUT2D eigenvalue weighted by molar-refractivity contribution is 0.270. The van der Waals surface area contributed by atoms with Gasteiger partial charge in [-0.05, 0) is 23.6 Å². The topological polar surface area (TPSA) is 63.8 Å². The van der Waals surface area contributed by atoms with Gasteiger partial charge in [0.25, 0.3) is 0 Å². The number of fused-ring (bicyclic) bond motifs is 2. The van der Waals surface area contributed by atoms with Crippen LogP contribution >= 0.6 is 11.3 Å². The predicted molar refractivity (Wildman–Crippen MR) is 83.2 cm³/mol. The van der Waals surface area contributed by atoms with E-state index in [9.17, 15) is 0 Å². The molecule has 0 fully saturated rings. The van der Waals surface area contributed by atoms with E-state index < -0.39 is 0 Å². The Bertz CT molecular complexity index is 914. The fourth-order valence-corrected chi connectivity index (χ4v) is 3.00. The molecule has 104 valence electrons. The lowest BCUT2D eigenvalue weighted by Crippen LogP contribution is -2.01. The molecule has 1 aromatic carbocycles. The zero-order valence-electron chi connectivity index (χ0n) is 11.1. The third-order valence-corrected chi connectivity index (χ3v) is 4.04. The summed E-state index contributed by atoms with van der Waals surface area (Å²) < 4.78 is 1.74. The molecule has 6 heteroatoms. The van der Waals surface area contributed by atoms with Crippen molar-refractivity contribution in [3.05, 3.63) is 41.4 Å². The Balaban J connectivity index is 1.88. The largest absolute Gasteiger partial charge is 0.394 e. The molecule has 4 aromatic rings. The molecular weight excluding hydrogens is 284 g/mol. The van der Waals surface area contributed by atoms with Gasteiger partial charge in [-0.2, -0.15) is 16.4 Å². The van der Waals surface area contributed by atoms with Crippen LogP contribution in [0.4, 0.5) is 0 Å². The Morgan fingerprint density at radius 2 is 2.14 bits per heavy atom. The van der Waals surface area contributed by atoms with Crippen LogP contribution in [-0.2, 0) is 6.54 Å². The van der Waals surface area contributed by atoms with Crippen LogP contribution in [0.1, 0.15) is 0 Å². The number of thiophene rings is 1. The van der Waals surface area contributed by atoms with Crippen molar-refractivity contribution in [1.29, 1.82) is 0 Å². The minimum Gasteiger partial charge on any atom is -0.394 e. The maximum absolute atomic E-state index is 8.99. The summed E-state index contributed by atoms with van der Waals surface area (Å²) >= 11 is 1.64. The monoisotopic (exact) mass is 296 g/mol. The lowest BCUT2D eigenvalue weighted by atomic mass is 10.2. The average molecular weight is 296 g/mol. The van der Waals surface area contributed by atoms with Gasteiger partial charge in [-0.3, -0.25) is 9.67 Å². The average Bonchev–Trinajstić information content (AvgIpc) is 3.13. The highest BCUT2D eigenvalue weighted by Gasteiger charge is 2.07. The van der Waals surface area contributed by atoms with Crippen LogP contribution in [0.3, 0.4) is 0 Å². The summed E-state index contributed by atoms with van der Waals surface area (Å²) in [6.07, 6.45) is 3.72. The normalized spacial score (nSPS) is 11.5. The van der Waals surface area contributed by atoms with Crippen molar-refractivity contribution >= 4 is 33.3 Å². The summed E-state index contributed by atoms with van der Waals surface area (Å²) in [5.41, 5.74) is 4.51. The highest BCUT2D eigenvalue weighted by atomic mass is 32.1. The standard InChI is InChI=1S/C15H12N4OS/c20-3-2-19-8-11-5-13-14(6-12(11)18-19)17-15(7-16-13)10-1-4-21-9-10/h1,4-9,20H,2-3H2. The smallest absolute Gasteiger partial charge is 0.0946 e. The fraction of sp³-hybridized carbons (Fsp3) is 0.133. The molecule has 0 saturated carbocycles. The number of benzene rings is 1. The van der Waals surface area contributed by atoms with Crippen molar-refractivity contribution in [3.8, 4) is 11.3 Å². The highest BCUT2D eigenvalue weighted by molar-refractivity contribution is 7.08. The quantitative estimate of drug-likeness (QED) is 0.631. The van der Waals surface area contributed by atoms with E-state index >= 15 is 0 Å². The van der Waals surface area contributed by atoms with Gasteiger partial charge in [0.2, 0.25) is 0 Å². The van der Waals surface area contributed by atoms with Gasteiger partial charge in [0.05, 0.1) is 41.6 Å². The van der Waals surface area contributed by atoms with Gasteiger partial charge in [-0.25, -0.2) is 4.98 Å². The maximum atomic E-state index is 8.99.